The smallest absolute Gasteiger partial charge is 0.253 e. The van der Waals surface area contributed by atoms with Gasteiger partial charge in [0.05, 0.1) is 12.2 Å². The summed E-state index contributed by atoms with van der Waals surface area (Å²) in [6, 6.07) is 8.57. The van der Waals surface area contributed by atoms with Crippen LogP contribution in [0.3, 0.4) is 0 Å². The van der Waals surface area contributed by atoms with Gasteiger partial charge in [-0.2, -0.15) is 0 Å². The third-order valence-corrected chi connectivity index (χ3v) is 5.22. The first kappa shape index (κ1) is 18.4. The second-order valence-electron chi connectivity index (χ2n) is 7.53. The molecule has 3 atom stereocenters. The lowest BCUT2D eigenvalue weighted by Gasteiger charge is -2.35. The number of carbonyl (C=O) groups is 1. The molecular weight excluding hydrogens is 314 g/mol. The molecule has 0 saturated carbocycles. The summed E-state index contributed by atoms with van der Waals surface area (Å²) in [5.74, 6) is 0.153. The summed E-state index contributed by atoms with van der Waals surface area (Å²) in [5.41, 5.74) is 2.05. The van der Waals surface area contributed by atoms with Crippen molar-refractivity contribution in [3.63, 3.8) is 0 Å². The zero-order chi connectivity index (χ0) is 17.8. The molecule has 25 heavy (non-hydrogen) atoms. The first-order chi connectivity index (χ1) is 12.0. The van der Waals surface area contributed by atoms with E-state index >= 15 is 0 Å². The molecule has 0 bridgehead atoms. The summed E-state index contributed by atoms with van der Waals surface area (Å²) in [6.45, 7) is 8.76. The van der Waals surface area contributed by atoms with Crippen LogP contribution < -0.4 is 5.32 Å². The molecule has 2 aliphatic heterocycles. The van der Waals surface area contributed by atoms with Gasteiger partial charge in [0, 0.05) is 44.3 Å². The number of nitrogens with one attached hydrogen (secondary N) is 1. The highest BCUT2D eigenvalue weighted by Crippen LogP contribution is 2.17. The van der Waals surface area contributed by atoms with Gasteiger partial charge in [-0.3, -0.25) is 9.69 Å². The fourth-order valence-corrected chi connectivity index (χ4v) is 4.00. The van der Waals surface area contributed by atoms with Crippen molar-refractivity contribution in [2.24, 2.45) is 0 Å². The van der Waals surface area contributed by atoms with E-state index in [9.17, 15) is 4.79 Å². The Labute approximate surface area is 151 Å². The molecule has 1 aromatic rings. The van der Waals surface area contributed by atoms with Crippen molar-refractivity contribution in [1.29, 1.82) is 0 Å². The van der Waals surface area contributed by atoms with Crippen molar-refractivity contribution >= 4 is 5.91 Å². The lowest BCUT2D eigenvalue weighted by Crippen LogP contribution is -2.47. The van der Waals surface area contributed by atoms with E-state index in [1.807, 2.05) is 24.1 Å². The quantitative estimate of drug-likeness (QED) is 0.908. The van der Waals surface area contributed by atoms with Gasteiger partial charge in [0.15, 0.2) is 0 Å². The molecule has 2 fully saturated rings. The van der Waals surface area contributed by atoms with E-state index in [0.717, 1.165) is 51.1 Å². The fourth-order valence-electron chi connectivity index (χ4n) is 4.00. The van der Waals surface area contributed by atoms with Gasteiger partial charge in [0.25, 0.3) is 5.91 Å². The topological polar surface area (TPSA) is 44.8 Å². The summed E-state index contributed by atoms with van der Waals surface area (Å²) < 4.78 is 5.79. The Kier molecular flexibility index (Phi) is 6.10. The van der Waals surface area contributed by atoms with Crippen molar-refractivity contribution in [1.82, 2.24) is 15.1 Å². The van der Waals surface area contributed by atoms with E-state index in [2.05, 4.69) is 36.2 Å². The summed E-state index contributed by atoms with van der Waals surface area (Å²) in [6.07, 6.45) is 2.78. The van der Waals surface area contributed by atoms with E-state index in [0.29, 0.717) is 6.04 Å². The third-order valence-electron chi connectivity index (χ3n) is 5.22. The van der Waals surface area contributed by atoms with Gasteiger partial charge < -0.3 is 15.0 Å². The van der Waals surface area contributed by atoms with Crippen LogP contribution in [0.1, 0.15) is 42.6 Å². The van der Waals surface area contributed by atoms with Crippen molar-refractivity contribution in [2.45, 2.75) is 51.5 Å². The molecule has 2 aliphatic rings. The van der Waals surface area contributed by atoms with Gasteiger partial charge in [0.2, 0.25) is 0 Å². The van der Waals surface area contributed by atoms with E-state index in [1.165, 1.54) is 5.56 Å². The maximum Gasteiger partial charge on any atom is 0.253 e. The van der Waals surface area contributed by atoms with Crippen molar-refractivity contribution in [3.05, 3.63) is 35.4 Å². The minimum absolute atomic E-state index is 0.153. The Bertz CT molecular complexity index is 565. The summed E-state index contributed by atoms with van der Waals surface area (Å²) in [4.78, 5) is 17.1. The highest BCUT2D eigenvalue weighted by Gasteiger charge is 2.24. The molecule has 0 radical (unpaired) electrons. The van der Waals surface area contributed by atoms with E-state index < -0.39 is 0 Å². The maximum atomic E-state index is 12.7. The van der Waals surface area contributed by atoms with Crippen LogP contribution in [-0.2, 0) is 11.3 Å². The second-order valence-corrected chi connectivity index (χ2v) is 7.53. The zero-order valence-electron chi connectivity index (χ0n) is 15.7. The Morgan fingerprint density at radius 2 is 1.84 bits per heavy atom. The van der Waals surface area contributed by atoms with Gasteiger partial charge in [0.1, 0.15) is 0 Å². The van der Waals surface area contributed by atoms with Crippen LogP contribution in [0.4, 0.5) is 0 Å². The minimum Gasteiger partial charge on any atom is -0.373 e. The van der Waals surface area contributed by atoms with Crippen molar-refractivity contribution < 1.29 is 9.53 Å². The summed E-state index contributed by atoms with van der Waals surface area (Å²) in [5, 5.41) is 3.29. The number of carbonyl (C=O) groups excluding carboxylic acids is 1. The van der Waals surface area contributed by atoms with Gasteiger partial charge >= 0.3 is 0 Å². The normalized spacial score (nSPS) is 28.1. The summed E-state index contributed by atoms with van der Waals surface area (Å²) >= 11 is 0. The molecule has 2 heterocycles. The van der Waals surface area contributed by atoms with Crippen LogP contribution in [0.5, 0.6) is 0 Å². The molecule has 1 amide bonds. The van der Waals surface area contributed by atoms with Gasteiger partial charge in [-0.15, -0.1) is 0 Å². The molecule has 138 valence electrons. The molecule has 0 spiro atoms. The molecule has 1 aromatic carbocycles. The Balaban J connectivity index is 1.59. The van der Waals surface area contributed by atoms with Gasteiger partial charge in [-0.25, -0.2) is 0 Å². The van der Waals surface area contributed by atoms with E-state index in [4.69, 9.17) is 4.74 Å². The number of rotatable bonds is 4. The molecule has 0 unspecified atom stereocenters. The number of benzene rings is 1. The number of ether oxygens (including phenoxy) is 1. The molecule has 0 aliphatic carbocycles. The second kappa shape index (κ2) is 8.30. The number of likely N-dealkylation sites (tertiary alicyclic amines) is 1. The predicted molar refractivity (Wildman–Crippen MR) is 99.7 cm³/mol. The highest BCUT2D eigenvalue weighted by atomic mass is 16.5. The van der Waals surface area contributed by atoms with Crippen LogP contribution in [0, 0.1) is 0 Å². The molecule has 5 heteroatoms. The largest absolute Gasteiger partial charge is 0.373 e. The number of hydrogen-bond acceptors (Lipinski definition) is 4. The third kappa shape index (κ3) is 4.81. The minimum atomic E-state index is 0.153. The highest BCUT2D eigenvalue weighted by molar-refractivity contribution is 5.94. The van der Waals surface area contributed by atoms with Crippen LogP contribution in [0.2, 0.25) is 0 Å². The molecular formula is C20H31N3O2. The van der Waals surface area contributed by atoms with Crippen molar-refractivity contribution in [2.75, 3.05) is 33.2 Å². The number of nitrogens with zero attached hydrogens (tertiary/aromatic N) is 2. The average molecular weight is 345 g/mol. The molecule has 3 rings (SSSR count). The fraction of sp³-hybridized carbons (Fsp3) is 0.650. The Morgan fingerprint density at radius 1 is 1.16 bits per heavy atom. The van der Waals surface area contributed by atoms with Crippen LogP contribution >= 0.6 is 0 Å². The van der Waals surface area contributed by atoms with E-state index in [-0.39, 0.29) is 18.1 Å². The Morgan fingerprint density at radius 3 is 2.48 bits per heavy atom. The lowest BCUT2D eigenvalue weighted by atomic mass is 10.0. The Hall–Kier alpha value is -1.43. The standard InChI is InChI=1S/C20H31N3O2/c1-15-11-22(12-16(2)25-15)13-17-6-8-18(9-7-17)20(24)23-10-4-5-19(14-23)21-3/h6-9,15-16,19,21H,4-5,10-14H2,1-3H3/t15-,16-,19-/m1/s1. The first-order valence-electron chi connectivity index (χ1n) is 9.48. The van der Waals surface area contributed by atoms with E-state index in [1.54, 1.807) is 0 Å². The average Bonchev–Trinajstić information content (AvgIpc) is 2.61. The lowest BCUT2D eigenvalue weighted by molar-refractivity contribution is -0.0704. The molecule has 2 saturated heterocycles. The molecule has 1 N–H and O–H groups in total. The number of morpholine rings is 1. The SMILES string of the molecule is CN[C@@H]1CCCN(C(=O)c2ccc(CN3C[C@@H](C)O[C@H](C)C3)cc2)C1. The number of hydrogen-bond donors (Lipinski definition) is 1. The number of likely N-dealkylation sites (N-methyl/N-ethyl adjacent to an activating group) is 1. The molecule has 0 aromatic heterocycles. The van der Waals surface area contributed by atoms with Crippen LogP contribution in [0.25, 0.3) is 0 Å². The number of piperidine rings is 1. The number of amides is 1. The van der Waals surface area contributed by atoms with Gasteiger partial charge in [-0.1, -0.05) is 12.1 Å². The monoisotopic (exact) mass is 345 g/mol. The zero-order valence-corrected chi connectivity index (χ0v) is 15.7. The molecule has 5 nitrogen and oxygen atoms in total. The maximum absolute atomic E-state index is 12.7. The first-order valence-corrected chi connectivity index (χ1v) is 9.48. The summed E-state index contributed by atoms with van der Waals surface area (Å²) in [7, 11) is 1.97. The van der Waals surface area contributed by atoms with Crippen LogP contribution in [-0.4, -0.2) is 67.2 Å². The van der Waals surface area contributed by atoms with Gasteiger partial charge in [-0.05, 0) is 51.4 Å². The van der Waals surface area contributed by atoms with Crippen molar-refractivity contribution in [3.8, 4) is 0 Å². The van der Waals surface area contributed by atoms with Crippen LogP contribution in [0.15, 0.2) is 24.3 Å². The predicted octanol–water partition coefficient (Wildman–Crippen LogP) is 2.12.